The van der Waals surface area contributed by atoms with Crippen LogP contribution < -0.4 is 0 Å². The number of Topliss-reactive ketones (excluding diaryl/α,β-unsaturated/α-hetero) is 1. The highest BCUT2D eigenvalue weighted by Gasteiger charge is 2.10. The SMILES string of the molecule is Cc1ccc(F)c(CC(=O)Cc2ccc(/C=C/C(=O)Cc3ccc4cnccc4c3)cc2)c1. The standard InChI is InChI=1S/C29H24FNO2/c1-20-2-11-29(30)26(14-20)18-28(33)16-22-5-3-21(4-6-22)8-10-27(32)17-23-7-9-25-19-31-13-12-24(25)15-23/h2-15,19H,16-18H2,1H3/b10-8+. The number of pyridine rings is 1. The van der Waals surface area contributed by atoms with Gasteiger partial charge in [0.2, 0.25) is 0 Å². The number of nitrogens with zero attached hydrogens (tertiary/aromatic N) is 1. The zero-order chi connectivity index (χ0) is 23.2. The molecule has 0 N–H and O–H groups in total. The fraction of sp³-hybridized carbons (Fsp3) is 0.138. The Hall–Kier alpha value is -3.92. The Morgan fingerprint density at radius 1 is 0.848 bits per heavy atom. The lowest BCUT2D eigenvalue weighted by Crippen LogP contribution is -2.08. The van der Waals surface area contributed by atoms with Gasteiger partial charge in [-0.2, -0.15) is 0 Å². The van der Waals surface area contributed by atoms with Crippen LogP contribution in [0.1, 0.15) is 27.8 Å². The van der Waals surface area contributed by atoms with Crippen LogP contribution in [0.3, 0.4) is 0 Å². The van der Waals surface area contributed by atoms with Crippen molar-refractivity contribution in [2.75, 3.05) is 0 Å². The molecule has 0 amide bonds. The first-order chi connectivity index (χ1) is 16.0. The summed E-state index contributed by atoms with van der Waals surface area (Å²) < 4.78 is 13.9. The van der Waals surface area contributed by atoms with Crippen LogP contribution in [0.4, 0.5) is 4.39 Å². The summed E-state index contributed by atoms with van der Waals surface area (Å²) in [6.07, 6.45) is 7.56. The van der Waals surface area contributed by atoms with Gasteiger partial charge in [0.1, 0.15) is 11.6 Å². The number of rotatable bonds is 8. The van der Waals surface area contributed by atoms with Gasteiger partial charge in [0.25, 0.3) is 0 Å². The van der Waals surface area contributed by atoms with E-state index in [-0.39, 0.29) is 30.2 Å². The smallest absolute Gasteiger partial charge is 0.160 e. The van der Waals surface area contributed by atoms with Crippen LogP contribution in [-0.4, -0.2) is 16.6 Å². The third-order valence-corrected chi connectivity index (χ3v) is 5.51. The lowest BCUT2D eigenvalue weighted by Gasteiger charge is -2.05. The summed E-state index contributed by atoms with van der Waals surface area (Å²) in [5, 5.41) is 2.11. The largest absolute Gasteiger partial charge is 0.299 e. The number of aromatic nitrogens is 1. The minimum Gasteiger partial charge on any atom is -0.299 e. The number of carbonyl (C=O) groups excluding carboxylic acids is 2. The van der Waals surface area contributed by atoms with Crippen LogP contribution in [0.2, 0.25) is 0 Å². The molecule has 33 heavy (non-hydrogen) atoms. The molecule has 4 aromatic rings. The Labute approximate surface area is 192 Å². The van der Waals surface area contributed by atoms with Gasteiger partial charge in [-0.1, -0.05) is 66.2 Å². The van der Waals surface area contributed by atoms with Crippen molar-refractivity contribution < 1.29 is 14.0 Å². The number of hydrogen-bond donors (Lipinski definition) is 0. The van der Waals surface area contributed by atoms with Gasteiger partial charge in [0, 0.05) is 37.0 Å². The average molecular weight is 438 g/mol. The molecule has 3 nitrogen and oxygen atoms in total. The minimum absolute atomic E-state index is 0.0165. The number of aryl methyl sites for hydroxylation is 1. The van der Waals surface area contributed by atoms with E-state index in [2.05, 4.69) is 4.98 Å². The molecule has 0 saturated heterocycles. The molecule has 0 unspecified atom stereocenters. The summed E-state index contributed by atoms with van der Waals surface area (Å²) in [5.74, 6) is -0.369. The van der Waals surface area contributed by atoms with Crippen molar-refractivity contribution in [2.45, 2.75) is 26.2 Å². The highest BCUT2D eigenvalue weighted by Crippen LogP contribution is 2.16. The summed E-state index contributed by atoms with van der Waals surface area (Å²) in [6, 6.07) is 20.2. The van der Waals surface area contributed by atoms with Crippen LogP contribution >= 0.6 is 0 Å². The molecule has 3 aromatic carbocycles. The molecule has 0 saturated carbocycles. The van der Waals surface area contributed by atoms with Crippen LogP contribution in [0.25, 0.3) is 16.8 Å². The van der Waals surface area contributed by atoms with Crippen LogP contribution in [0.15, 0.2) is 85.2 Å². The Bertz CT molecular complexity index is 1340. The molecule has 4 heteroatoms. The third-order valence-electron chi connectivity index (χ3n) is 5.51. The molecule has 0 fully saturated rings. The molecule has 0 aliphatic carbocycles. The van der Waals surface area contributed by atoms with Crippen molar-refractivity contribution in [3.05, 3.63) is 119 Å². The lowest BCUT2D eigenvalue weighted by molar-refractivity contribution is -0.118. The predicted octanol–water partition coefficient (Wildman–Crippen LogP) is 5.86. The Kier molecular flexibility index (Phi) is 6.84. The monoisotopic (exact) mass is 437 g/mol. The zero-order valence-corrected chi connectivity index (χ0v) is 18.4. The summed E-state index contributed by atoms with van der Waals surface area (Å²) in [4.78, 5) is 28.9. The maximum atomic E-state index is 13.9. The first-order valence-electron chi connectivity index (χ1n) is 10.9. The second-order valence-corrected chi connectivity index (χ2v) is 8.26. The van der Waals surface area contributed by atoms with Crippen molar-refractivity contribution in [3.8, 4) is 0 Å². The Morgan fingerprint density at radius 2 is 1.64 bits per heavy atom. The van der Waals surface area contributed by atoms with E-state index in [1.807, 2.05) is 55.5 Å². The Balaban J connectivity index is 1.33. The summed E-state index contributed by atoms with van der Waals surface area (Å²) in [7, 11) is 0. The van der Waals surface area contributed by atoms with Gasteiger partial charge >= 0.3 is 0 Å². The molecule has 0 radical (unpaired) electrons. The molecule has 0 bridgehead atoms. The van der Waals surface area contributed by atoms with Crippen molar-refractivity contribution in [1.82, 2.24) is 4.98 Å². The average Bonchev–Trinajstić information content (AvgIpc) is 2.81. The first-order valence-corrected chi connectivity index (χ1v) is 10.9. The predicted molar refractivity (Wildman–Crippen MR) is 129 cm³/mol. The van der Waals surface area contributed by atoms with E-state index in [1.54, 1.807) is 36.7 Å². The Morgan fingerprint density at radius 3 is 2.45 bits per heavy atom. The van der Waals surface area contributed by atoms with Crippen LogP contribution in [0.5, 0.6) is 0 Å². The molecule has 4 rings (SSSR count). The minimum atomic E-state index is -0.347. The van der Waals surface area contributed by atoms with Gasteiger partial charge in [-0.15, -0.1) is 0 Å². The number of halogens is 1. The van der Waals surface area contributed by atoms with Gasteiger partial charge in [-0.05, 0) is 52.8 Å². The summed E-state index contributed by atoms with van der Waals surface area (Å²) in [6.45, 7) is 1.88. The molecule has 0 aliphatic rings. The highest BCUT2D eigenvalue weighted by atomic mass is 19.1. The van der Waals surface area contributed by atoms with E-state index < -0.39 is 0 Å². The molecule has 1 aromatic heterocycles. The molecular weight excluding hydrogens is 413 g/mol. The van der Waals surface area contributed by atoms with E-state index in [9.17, 15) is 14.0 Å². The van der Waals surface area contributed by atoms with Gasteiger partial charge < -0.3 is 0 Å². The molecule has 0 atom stereocenters. The van der Waals surface area contributed by atoms with E-state index >= 15 is 0 Å². The normalized spacial score (nSPS) is 11.2. The maximum absolute atomic E-state index is 13.9. The fourth-order valence-corrected chi connectivity index (χ4v) is 3.78. The summed E-state index contributed by atoms with van der Waals surface area (Å²) in [5.41, 5.74) is 4.07. The number of benzene rings is 3. The first kappa shape index (κ1) is 22.3. The molecular formula is C29H24FNO2. The van der Waals surface area contributed by atoms with E-state index in [0.29, 0.717) is 12.0 Å². The fourth-order valence-electron chi connectivity index (χ4n) is 3.78. The maximum Gasteiger partial charge on any atom is 0.160 e. The number of carbonyl (C=O) groups is 2. The number of fused-ring (bicyclic) bond motifs is 1. The second-order valence-electron chi connectivity index (χ2n) is 8.26. The van der Waals surface area contributed by atoms with Crippen molar-refractivity contribution >= 4 is 28.4 Å². The van der Waals surface area contributed by atoms with Crippen molar-refractivity contribution in [1.29, 1.82) is 0 Å². The van der Waals surface area contributed by atoms with Gasteiger partial charge in [0.05, 0.1) is 0 Å². The molecule has 0 spiro atoms. The lowest BCUT2D eigenvalue weighted by atomic mass is 10.00. The quantitative estimate of drug-likeness (QED) is 0.324. The number of ketones is 2. The van der Waals surface area contributed by atoms with E-state index in [1.165, 1.54) is 6.07 Å². The topological polar surface area (TPSA) is 47.0 Å². The van der Waals surface area contributed by atoms with Crippen LogP contribution in [0, 0.1) is 12.7 Å². The van der Waals surface area contributed by atoms with Crippen LogP contribution in [-0.2, 0) is 28.9 Å². The van der Waals surface area contributed by atoms with Crippen molar-refractivity contribution in [2.24, 2.45) is 0 Å². The van der Waals surface area contributed by atoms with Gasteiger partial charge in [-0.3, -0.25) is 14.6 Å². The summed E-state index contributed by atoms with van der Waals surface area (Å²) >= 11 is 0. The van der Waals surface area contributed by atoms with E-state index in [4.69, 9.17) is 0 Å². The highest BCUT2D eigenvalue weighted by molar-refractivity contribution is 5.95. The third kappa shape index (κ3) is 6.07. The van der Waals surface area contributed by atoms with Gasteiger partial charge in [0.15, 0.2) is 5.78 Å². The second kappa shape index (κ2) is 10.1. The molecule has 1 heterocycles. The zero-order valence-electron chi connectivity index (χ0n) is 18.4. The molecule has 0 aliphatic heterocycles. The molecule has 164 valence electrons. The number of hydrogen-bond acceptors (Lipinski definition) is 3. The van der Waals surface area contributed by atoms with E-state index in [0.717, 1.165) is 33.0 Å². The van der Waals surface area contributed by atoms with Gasteiger partial charge in [-0.25, -0.2) is 4.39 Å². The number of allylic oxidation sites excluding steroid dienone is 1. The van der Waals surface area contributed by atoms with Crippen molar-refractivity contribution in [3.63, 3.8) is 0 Å².